The Labute approximate surface area is 95.2 Å². The summed E-state index contributed by atoms with van der Waals surface area (Å²) in [5.74, 6) is -1.24. The first-order chi connectivity index (χ1) is 7.02. The molecule has 1 aromatic rings. The van der Waals surface area contributed by atoms with Crippen molar-refractivity contribution in [1.82, 2.24) is 0 Å². The van der Waals surface area contributed by atoms with Crippen molar-refractivity contribution in [2.24, 2.45) is 0 Å². The van der Waals surface area contributed by atoms with Gasteiger partial charge in [-0.2, -0.15) is 0 Å². The molecule has 0 bridgehead atoms. The van der Waals surface area contributed by atoms with Crippen molar-refractivity contribution in [1.29, 1.82) is 0 Å². The Morgan fingerprint density at radius 2 is 2.00 bits per heavy atom. The minimum atomic E-state index is -0.989. The maximum Gasteiger partial charge on any atom is 0.303 e. The van der Waals surface area contributed by atoms with E-state index in [-0.39, 0.29) is 18.6 Å². The van der Waals surface area contributed by atoms with Crippen molar-refractivity contribution < 1.29 is 14.7 Å². The Balaban J connectivity index is 2.82. The van der Waals surface area contributed by atoms with Gasteiger partial charge in [-0.05, 0) is 28.1 Å². The van der Waals surface area contributed by atoms with E-state index in [2.05, 4.69) is 15.9 Å². The van der Waals surface area contributed by atoms with Crippen LogP contribution in [0.4, 0.5) is 5.69 Å². The van der Waals surface area contributed by atoms with E-state index < -0.39 is 5.97 Å². The van der Waals surface area contributed by atoms with Gasteiger partial charge in [0.25, 0.3) is 0 Å². The molecule has 0 aliphatic heterocycles. The van der Waals surface area contributed by atoms with Crippen LogP contribution in [0.5, 0.6) is 0 Å². The summed E-state index contributed by atoms with van der Waals surface area (Å²) in [6, 6.07) is 5.00. The Kier molecular flexibility index (Phi) is 3.85. The zero-order valence-electron chi connectivity index (χ0n) is 7.87. The molecular formula is C10H10BrNO3. The van der Waals surface area contributed by atoms with Gasteiger partial charge in [0.1, 0.15) is 0 Å². The second-order valence-corrected chi connectivity index (χ2v) is 3.87. The first-order valence-corrected chi connectivity index (χ1v) is 5.10. The quantitative estimate of drug-likeness (QED) is 0.649. The fraction of sp³-hybridized carbons (Fsp3) is 0.200. The van der Waals surface area contributed by atoms with Crippen LogP contribution in [0.25, 0.3) is 0 Å². The summed E-state index contributed by atoms with van der Waals surface area (Å²) < 4.78 is 0.642. The largest absolute Gasteiger partial charge is 0.481 e. The minimum absolute atomic E-state index is 0.0318. The molecule has 0 unspecified atom stereocenters. The number of para-hydroxylation sites is 1. The van der Waals surface area contributed by atoms with Crippen molar-refractivity contribution in [3.63, 3.8) is 0 Å². The number of anilines is 1. The van der Waals surface area contributed by atoms with Gasteiger partial charge in [0, 0.05) is 16.5 Å². The van der Waals surface area contributed by atoms with E-state index in [1.54, 1.807) is 18.2 Å². The number of halogens is 1. The van der Waals surface area contributed by atoms with Crippen molar-refractivity contribution in [3.8, 4) is 0 Å². The lowest BCUT2D eigenvalue weighted by Crippen LogP contribution is -2.06. The van der Waals surface area contributed by atoms with Crippen molar-refractivity contribution in [3.05, 3.63) is 28.2 Å². The second-order valence-electron chi connectivity index (χ2n) is 3.02. The number of carboxylic acid groups (broad SMARTS) is 1. The number of carboxylic acids is 1. The fourth-order valence-corrected chi connectivity index (χ4v) is 1.50. The van der Waals surface area contributed by atoms with Crippen molar-refractivity contribution in [2.45, 2.75) is 12.8 Å². The number of nitrogens with two attached hydrogens (primary N) is 1. The molecule has 3 N–H and O–H groups in total. The third kappa shape index (κ3) is 3.06. The highest BCUT2D eigenvalue weighted by Crippen LogP contribution is 2.24. The SMILES string of the molecule is Nc1c(Br)cccc1C(=O)CCC(=O)O. The van der Waals surface area contributed by atoms with Gasteiger partial charge in [-0.25, -0.2) is 0 Å². The third-order valence-electron chi connectivity index (χ3n) is 1.92. The third-order valence-corrected chi connectivity index (χ3v) is 2.61. The van der Waals surface area contributed by atoms with E-state index in [0.717, 1.165) is 0 Å². The van der Waals surface area contributed by atoms with E-state index >= 15 is 0 Å². The number of rotatable bonds is 4. The number of aliphatic carboxylic acids is 1. The van der Waals surface area contributed by atoms with Crippen LogP contribution >= 0.6 is 15.9 Å². The van der Waals surface area contributed by atoms with Crippen LogP contribution in [-0.2, 0) is 4.79 Å². The molecule has 0 amide bonds. The number of hydrogen-bond donors (Lipinski definition) is 2. The molecule has 0 spiro atoms. The monoisotopic (exact) mass is 271 g/mol. The summed E-state index contributed by atoms with van der Waals surface area (Å²) in [7, 11) is 0. The maximum absolute atomic E-state index is 11.6. The summed E-state index contributed by atoms with van der Waals surface area (Å²) >= 11 is 3.20. The van der Waals surface area contributed by atoms with Gasteiger partial charge in [-0.15, -0.1) is 0 Å². The fourth-order valence-electron chi connectivity index (χ4n) is 1.14. The van der Waals surface area contributed by atoms with Gasteiger partial charge in [0.15, 0.2) is 5.78 Å². The standard InChI is InChI=1S/C10H10BrNO3/c11-7-3-1-2-6(10(7)12)8(13)4-5-9(14)15/h1-3H,4-5,12H2,(H,14,15). The lowest BCUT2D eigenvalue weighted by molar-refractivity contribution is -0.136. The molecule has 4 nitrogen and oxygen atoms in total. The number of ketones is 1. The lowest BCUT2D eigenvalue weighted by Gasteiger charge is -2.05. The molecule has 15 heavy (non-hydrogen) atoms. The molecule has 0 aliphatic rings. The van der Waals surface area contributed by atoms with E-state index in [1.165, 1.54) is 0 Å². The molecule has 0 fully saturated rings. The predicted octanol–water partition coefficient (Wildman–Crippen LogP) is 2.08. The summed E-state index contributed by atoms with van der Waals surface area (Å²) in [6.07, 6.45) is -0.208. The van der Waals surface area contributed by atoms with Gasteiger partial charge in [-0.1, -0.05) is 6.07 Å². The Bertz CT molecular complexity index is 404. The number of carbonyl (C=O) groups excluding carboxylic acids is 1. The van der Waals surface area contributed by atoms with Crippen LogP contribution < -0.4 is 5.73 Å². The molecule has 5 heteroatoms. The Morgan fingerprint density at radius 1 is 1.33 bits per heavy atom. The molecule has 0 heterocycles. The van der Waals surface area contributed by atoms with Crippen LogP contribution in [-0.4, -0.2) is 16.9 Å². The molecule has 0 aromatic heterocycles. The number of nitrogen functional groups attached to an aromatic ring is 1. The highest BCUT2D eigenvalue weighted by molar-refractivity contribution is 9.10. The zero-order valence-corrected chi connectivity index (χ0v) is 9.45. The summed E-state index contributed by atoms with van der Waals surface area (Å²) in [5, 5.41) is 8.44. The molecule has 1 aromatic carbocycles. The highest BCUT2D eigenvalue weighted by atomic mass is 79.9. The highest BCUT2D eigenvalue weighted by Gasteiger charge is 2.12. The molecule has 0 radical (unpaired) electrons. The predicted molar refractivity (Wildman–Crippen MR) is 59.8 cm³/mol. The van der Waals surface area contributed by atoms with Crippen molar-refractivity contribution >= 4 is 33.4 Å². The zero-order chi connectivity index (χ0) is 11.4. The average molecular weight is 272 g/mol. The van der Waals surface area contributed by atoms with E-state index in [4.69, 9.17) is 10.8 Å². The molecule has 1 rings (SSSR count). The van der Waals surface area contributed by atoms with Gasteiger partial charge < -0.3 is 10.8 Å². The molecule has 80 valence electrons. The summed E-state index contributed by atoms with van der Waals surface area (Å²) in [5.41, 5.74) is 6.40. The van der Waals surface area contributed by atoms with Gasteiger partial charge in [0.2, 0.25) is 0 Å². The van der Waals surface area contributed by atoms with Gasteiger partial charge in [0.05, 0.1) is 12.1 Å². The smallest absolute Gasteiger partial charge is 0.303 e. The van der Waals surface area contributed by atoms with E-state index in [0.29, 0.717) is 15.7 Å². The number of Topliss-reactive ketones (excluding diaryl/α,β-unsaturated/α-hetero) is 1. The Hall–Kier alpha value is -1.36. The molecule has 0 saturated heterocycles. The van der Waals surface area contributed by atoms with Crippen LogP contribution in [0.1, 0.15) is 23.2 Å². The number of benzene rings is 1. The summed E-state index contributed by atoms with van der Waals surface area (Å²) in [4.78, 5) is 21.9. The van der Waals surface area contributed by atoms with E-state index in [9.17, 15) is 9.59 Å². The number of carbonyl (C=O) groups is 2. The molecule has 0 atom stereocenters. The van der Waals surface area contributed by atoms with Gasteiger partial charge >= 0.3 is 5.97 Å². The average Bonchev–Trinajstić information content (AvgIpc) is 2.18. The minimum Gasteiger partial charge on any atom is -0.481 e. The van der Waals surface area contributed by atoms with E-state index in [1.807, 2.05) is 0 Å². The van der Waals surface area contributed by atoms with Gasteiger partial charge in [-0.3, -0.25) is 9.59 Å². The van der Waals surface area contributed by atoms with Crippen molar-refractivity contribution in [2.75, 3.05) is 5.73 Å². The second kappa shape index (κ2) is 4.93. The molecule has 0 saturated carbocycles. The normalized spacial score (nSPS) is 9.93. The first-order valence-electron chi connectivity index (χ1n) is 4.31. The summed E-state index contributed by atoms with van der Waals surface area (Å²) in [6.45, 7) is 0. The lowest BCUT2D eigenvalue weighted by atomic mass is 10.1. The van der Waals surface area contributed by atoms with Crippen LogP contribution in [0, 0.1) is 0 Å². The molecular weight excluding hydrogens is 262 g/mol. The van der Waals surface area contributed by atoms with Crippen LogP contribution in [0.2, 0.25) is 0 Å². The van der Waals surface area contributed by atoms with Crippen LogP contribution in [0.15, 0.2) is 22.7 Å². The Morgan fingerprint density at radius 3 is 2.60 bits per heavy atom. The topological polar surface area (TPSA) is 80.4 Å². The first kappa shape index (κ1) is 11.7. The van der Waals surface area contributed by atoms with Crippen LogP contribution in [0.3, 0.4) is 0 Å². The molecule has 0 aliphatic carbocycles. The number of hydrogen-bond acceptors (Lipinski definition) is 3. The maximum atomic E-state index is 11.6.